The average molecular weight is 451 g/mol. The number of hydrogen-bond acceptors (Lipinski definition) is 7. The summed E-state index contributed by atoms with van der Waals surface area (Å²) < 4.78 is 11.0. The van der Waals surface area contributed by atoms with E-state index in [4.69, 9.17) is 9.47 Å². The number of hydrogen-bond donors (Lipinski definition) is 0. The maximum atomic E-state index is 13.5. The second-order valence-electron chi connectivity index (χ2n) is 8.23. The van der Waals surface area contributed by atoms with Crippen LogP contribution in [0.5, 0.6) is 5.75 Å². The summed E-state index contributed by atoms with van der Waals surface area (Å²) >= 11 is 0. The zero-order chi connectivity index (χ0) is 23.7. The predicted octanol–water partition coefficient (Wildman–Crippen LogP) is 2.99. The van der Waals surface area contributed by atoms with E-state index < -0.39 is 10.8 Å². The third-order valence-corrected chi connectivity index (χ3v) is 5.75. The first-order valence-corrected chi connectivity index (χ1v) is 10.7. The summed E-state index contributed by atoms with van der Waals surface area (Å²) in [6.07, 6.45) is -0.226. The molecule has 1 fully saturated rings. The van der Waals surface area contributed by atoms with Crippen molar-refractivity contribution in [1.82, 2.24) is 9.80 Å². The molecule has 2 unspecified atom stereocenters. The number of carbonyl (C=O) groups is 2. The highest BCUT2D eigenvalue weighted by Gasteiger charge is 2.43. The van der Waals surface area contributed by atoms with Crippen molar-refractivity contribution in [2.45, 2.75) is 32.6 Å². The van der Waals surface area contributed by atoms with E-state index >= 15 is 0 Å². The minimum Gasteiger partial charge on any atom is -0.497 e. The first kappa shape index (κ1) is 22.5. The summed E-state index contributed by atoms with van der Waals surface area (Å²) in [5.74, 6) is -0.128. The van der Waals surface area contributed by atoms with Gasteiger partial charge in [0.25, 0.3) is 17.5 Å². The van der Waals surface area contributed by atoms with Crippen LogP contribution < -0.4 is 4.74 Å². The molecule has 0 aromatic heterocycles. The van der Waals surface area contributed by atoms with Gasteiger partial charge in [-0.3, -0.25) is 24.6 Å². The van der Waals surface area contributed by atoms with Gasteiger partial charge in [-0.1, -0.05) is 12.1 Å². The summed E-state index contributed by atoms with van der Waals surface area (Å²) in [4.78, 5) is 40.7. The lowest BCUT2D eigenvalue weighted by molar-refractivity contribution is -0.384. The Morgan fingerprint density at radius 3 is 2.15 bits per heavy atom. The van der Waals surface area contributed by atoms with Gasteiger partial charge in [0.05, 0.1) is 36.4 Å². The summed E-state index contributed by atoms with van der Waals surface area (Å²) in [5, 5.41) is 11.1. The molecule has 2 amide bonds. The Morgan fingerprint density at radius 1 is 1.00 bits per heavy atom. The van der Waals surface area contributed by atoms with E-state index in [1.807, 2.05) is 30.9 Å². The number of nitro benzene ring substituents is 1. The van der Waals surface area contributed by atoms with Crippen molar-refractivity contribution < 1.29 is 24.0 Å². The fourth-order valence-electron chi connectivity index (χ4n) is 4.28. The van der Waals surface area contributed by atoms with Crippen molar-refractivity contribution in [3.63, 3.8) is 0 Å². The highest BCUT2D eigenvalue weighted by molar-refractivity contribution is 6.35. The van der Waals surface area contributed by atoms with Crippen molar-refractivity contribution >= 4 is 23.1 Å². The maximum Gasteiger partial charge on any atom is 0.278 e. The number of rotatable bonds is 6. The van der Waals surface area contributed by atoms with Crippen LogP contribution in [0.1, 0.15) is 25.0 Å². The quantitative estimate of drug-likeness (QED) is 0.378. The van der Waals surface area contributed by atoms with Crippen molar-refractivity contribution in [1.29, 1.82) is 0 Å². The van der Waals surface area contributed by atoms with E-state index in [2.05, 4.69) is 0 Å². The van der Waals surface area contributed by atoms with E-state index in [0.717, 1.165) is 5.56 Å². The number of benzene rings is 2. The summed E-state index contributed by atoms with van der Waals surface area (Å²) in [6, 6.07) is 12.9. The number of imide groups is 1. The highest BCUT2D eigenvalue weighted by Crippen LogP contribution is 2.34. The molecule has 0 radical (unpaired) electrons. The Labute approximate surface area is 191 Å². The number of amides is 2. The first-order chi connectivity index (χ1) is 15.8. The van der Waals surface area contributed by atoms with Gasteiger partial charge < -0.3 is 14.4 Å². The molecule has 9 nitrogen and oxygen atoms in total. The first-order valence-electron chi connectivity index (χ1n) is 10.7. The average Bonchev–Trinajstić information content (AvgIpc) is 3.03. The van der Waals surface area contributed by atoms with E-state index in [-0.39, 0.29) is 35.9 Å². The molecule has 2 aromatic carbocycles. The van der Waals surface area contributed by atoms with Crippen LogP contribution in [0.2, 0.25) is 0 Å². The topological polar surface area (TPSA) is 102 Å². The molecule has 0 bridgehead atoms. The molecule has 2 aliphatic heterocycles. The number of carbonyl (C=O) groups excluding carboxylic acids is 2. The van der Waals surface area contributed by atoms with Crippen LogP contribution in [-0.4, -0.2) is 58.9 Å². The van der Waals surface area contributed by atoms with Crippen LogP contribution in [0.4, 0.5) is 5.69 Å². The van der Waals surface area contributed by atoms with Crippen molar-refractivity contribution in [3.05, 3.63) is 75.5 Å². The summed E-state index contributed by atoms with van der Waals surface area (Å²) in [5.41, 5.74) is 1.74. The van der Waals surface area contributed by atoms with Gasteiger partial charge in [-0.2, -0.15) is 0 Å². The van der Waals surface area contributed by atoms with E-state index in [1.54, 1.807) is 19.2 Å². The van der Waals surface area contributed by atoms with Crippen LogP contribution >= 0.6 is 0 Å². The Balaban J connectivity index is 1.72. The maximum absolute atomic E-state index is 13.5. The molecule has 0 N–H and O–H groups in total. The van der Waals surface area contributed by atoms with Crippen molar-refractivity contribution in [2.75, 3.05) is 20.2 Å². The molecule has 0 saturated carbocycles. The Bertz CT molecular complexity index is 1100. The molecule has 0 spiro atoms. The van der Waals surface area contributed by atoms with Crippen molar-refractivity contribution in [3.8, 4) is 5.75 Å². The van der Waals surface area contributed by atoms with Gasteiger partial charge in [-0.05, 0) is 49.2 Å². The van der Waals surface area contributed by atoms with Crippen LogP contribution in [0, 0.1) is 10.1 Å². The zero-order valence-electron chi connectivity index (χ0n) is 18.7. The normalized spacial score (nSPS) is 21.1. The Hall–Kier alpha value is -3.72. The van der Waals surface area contributed by atoms with Crippen molar-refractivity contribution in [2.24, 2.45) is 0 Å². The third kappa shape index (κ3) is 4.45. The molecule has 2 aliphatic rings. The lowest BCUT2D eigenvalue weighted by atomic mass is 10.0. The van der Waals surface area contributed by atoms with Crippen LogP contribution in [-0.2, 0) is 20.9 Å². The summed E-state index contributed by atoms with van der Waals surface area (Å²) in [7, 11) is 1.57. The Morgan fingerprint density at radius 2 is 1.61 bits per heavy atom. The SMILES string of the molecule is COc1ccc(CN2C(=O)C(c3ccc([N+](=O)[O-])cc3)=C(N3CC(C)OC(C)C3)C2=O)cc1. The lowest BCUT2D eigenvalue weighted by Gasteiger charge is -2.37. The zero-order valence-corrected chi connectivity index (χ0v) is 18.7. The Kier molecular flexibility index (Phi) is 6.15. The largest absolute Gasteiger partial charge is 0.497 e. The number of non-ortho nitro benzene ring substituents is 1. The van der Waals surface area contributed by atoms with Gasteiger partial charge in [0.15, 0.2) is 0 Å². The van der Waals surface area contributed by atoms with Gasteiger partial charge in [-0.25, -0.2) is 0 Å². The molecular formula is C24H25N3O6. The fraction of sp³-hybridized carbons (Fsp3) is 0.333. The minimum absolute atomic E-state index is 0.0821. The second-order valence-corrected chi connectivity index (χ2v) is 8.23. The molecule has 172 valence electrons. The van der Waals surface area contributed by atoms with E-state index in [9.17, 15) is 19.7 Å². The van der Waals surface area contributed by atoms with Crippen LogP contribution in [0.15, 0.2) is 54.2 Å². The van der Waals surface area contributed by atoms with E-state index in [0.29, 0.717) is 30.1 Å². The third-order valence-electron chi connectivity index (χ3n) is 5.75. The number of morpholine rings is 1. The monoisotopic (exact) mass is 451 g/mol. The molecule has 9 heteroatoms. The second kappa shape index (κ2) is 9.03. The fourth-order valence-corrected chi connectivity index (χ4v) is 4.28. The van der Waals surface area contributed by atoms with Gasteiger partial charge in [-0.15, -0.1) is 0 Å². The summed E-state index contributed by atoms with van der Waals surface area (Å²) in [6.45, 7) is 4.88. The predicted molar refractivity (Wildman–Crippen MR) is 120 cm³/mol. The number of methoxy groups -OCH3 is 1. The lowest BCUT2D eigenvalue weighted by Crippen LogP contribution is -2.46. The molecule has 1 saturated heterocycles. The molecule has 2 heterocycles. The minimum atomic E-state index is -0.498. The molecule has 33 heavy (non-hydrogen) atoms. The van der Waals surface area contributed by atoms with Gasteiger partial charge in [0.2, 0.25) is 0 Å². The van der Waals surface area contributed by atoms with E-state index in [1.165, 1.54) is 29.2 Å². The molecule has 2 aromatic rings. The van der Waals surface area contributed by atoms with Gasteiger partial charge in [0.1, 0.15) is 11.4 Å². The number of nitro groups is 1. The van der Waals surface area contributed by atoms with Crippen LogP contribution in [0.25, 0.3) is 5.57 Å². The standard InChI is InChI=1S/C24H25N3O6/c1-15-12-25(13-16(2)33-15)22-21(18-6-8-19(9-7-18)27(30)31)23(28)26(24(22)29)14-17-4-10-20(32-3)11-5-17/h4-11,15-16H,12-14H2,1-3H3. The molecule has 4 rings (SSSR count). The molecule has 0 aliphatic carbocycles. The number of nitrogens with zero attached hydrogens (tertiary/aromatic N) is 3. The van der Waals surface area contributed by atoms with Gasteiger partial charge >= 0.3 is 0 Å². The smallest absolute Gasteiger partial charge is 0.278 e. The van der Waals surface area contributed by atoms with Crippen LogP contribution in [0.3, 0.4) is 0 Å². The molecule has 2 atom stereocenters. The highest BCUT2D eigenvalue weighted by atomic mass is 16.6. The molecular weight excluding hydrogens is 426 g/mol. The number of ether oxygens (including phenoxy) is 2. The van der Waals surface area contributed by atoms with Gasteiger partial charge in [0, 0.05) is 25.2 Å².